The summed E-state index contributed by atoms with van der Waals surface area (Å²) in [6.07, 6.45) is 0.544. The molecule has 0 unspecified atom stereocenters. The van der Waals surface area contributed by atoms with E-state index in [1.807, 2.05) is 0 Å². The summed E-state index contributed by atoms with van der Waals surface area (Å²) < 4.78 is 4.57. The molecule has 0 fully saturated rings. The highest BCUT2D eigenvalue weighted by Crippen LogP contribution is 2.34. The Hall–Kier alpha value is -1.95. The highest BCUT2D eigenvalue weighted by atomic mass is 16.5. The van der Waals surface area contributed by atoms with Gasteiger partial charge in [-0.15, -0.1) is 4.91 Å². The largest absolute Gasteiger partial charge is 0.506 e. The second-order valence-corrected chi connectivity index (χ2v) is 4.89. The number of aryl methyl sites for hydroxylation is 1. The van der Waals surface area contributed by atoms with Crippen molar-refractivity contribution in [2.75, 3.05) is 7.11 Å². The molecule has 0 bridgehead atoms. The first-order chi connectivity index (χ1) is 8.79. The number of nitroso groups, excluding NO2 is 1. The molecule has 1 aromatic rings. The molecule has 0 atom stereocenters. The molecule has 0 saturated carbocycles. The van der Waals surface area contributed by atoms with Crippen LogP contribution in [0.3, 0.4) is 0 Å². The standard InChI is InChI=1S/C13H18N2O4/c1-13(2,14)9-7-10(15-18)11(16)6-8(9)4-5-12(17)19-3/h6-7,16H,4-5,14H2,1-3H3. The Morgan fingerprint density at radius 3 is 2.58 bits per heavy atom. The predicted molar refractivity (Wildman–Crippen MR) is 71.1 cm³/mol. The number of rotatable bonds is 5. The van der Waals surface area contributed by atoms with Crippen LogP contribution in [0.1, 0.15) is 31.4 Å². The molecule has 0 amide bonds. The number of ether oxygens (including phenoxy) is 1. The average Bonchev–Trinajstić information content (AvgIpc) is 2.34. The Morgan fingerprint density at radius 2 is 2.11 bits per heavy atom. The number of carbonyl (C=O) groups excluding carboxylic acids is 1. The van der Waals surface area contributed by atoms with Gasteiger partial charge in [0.2, 0.25) is 0 Å². The maximum Gasteiger partial charge on any atom is 0.305 e. The van der Waals surface area contributed by atoms with Crippen LogP contribution in [-0.2, 0) is 21.5 Å². The fourth-order valence-electron chi connectivity index (χ4n) is 1.84. The first-order valence-corrected chi connectivity index (χ1v) is 5.85. The third-order valence-electron chi connectivity index (χ3n) is 2.82. The average molecular weight is 266 g/mol. The summed E-state index contributed by atoms with van der Waals surface area (Å²) in [5.41, 5.74) is 6.63. The number of phenolic OH excluding ortho intramolecular Hbond substituents is 1. The van der Waals surface area contributed by atoms with Crippen LogP contribution in [0, 0.1) is 4.91 Å². The highest BCUT2D eigenvalue weighted by Gasteiger charge is 2.21. The normalized spacial score (nSPS) is 11.2. The zero-order valence-corrected chi connectivity index (χ0v) is 11.3. The van der Waals surface area contributed by atoms with Gasteiger partial charge in [0.25, 0.3) is 0 Å². The number of aromatic hydroxyl groups is 1. The zero-order chi connectivity index (χ0) is 14.6. The Bertz CT molecular complexity index is 492. The molecular weight excluding hydrogens is 248 g/mol. The molecule has 1 aromatic carbocycles. The summed E-state index contributed by atoms with van der Waals surface area (Å²) in [5, 5.41) is 12.4. The molecule has 19 heavy (non-hydrogen) atoms. The molecule has 0 heterocycles. The Labute approximate surface area is 111 Å². The number of benzene rings is 1. The van der Waals surface area contributed by atoms with Gasteiger partial charge in [-0.2, -0.15) is 0 Å². The summed E-state index contributed by atoms with van der Waals surface area (Å²) in [4.78, 5) is 21.8. The summed E-state index contributed by atoms with van der Waals surface area (Å²) in [7, 11) is 1.31. The van der Waals surface area contributed by atoms with Crippen molar-refractivity contribution < 1.29 is 14.6 Å². The number of carbonyl (C=O) groups is 1. The van der Waals surface area contributed by atoms with Gasteiger partial charge in [0.05, 0.1) is 7.11 Å². The molecule has 0 aromatic heterocycles. The van der Waals surface area contributed by atoms with Crippen molar-refractivity contribution in [2.24, 2.45) is 10.9 Å². The minimum atomic E-state index is -0.710. The van der Waals surface area contributed by atoms with Crippen molar-refractivity contribution >= 4 is 11.7 Å². The predicted octanol–water partition coefficient (Wildman–Crippen LogP) is 2.09. The topological polar surface area (TPSA) is 102 Å². The van der Waals surface area contributed by atoms with Gasteiger partial charge in [-0.1, -0.05) is 0 Å². The molecule has 3 N–H and O–H groups in total. The van der Waals surface area contributed by atoms with Crippen molar-refractivity contribution in [3.05, 3.63) is 28.2 Å². The maximum atomic E-state index is 11.2. The first kappa shape index (κ1) is 15.1. The first-order valence-electron chi connectivity index (χ1n) is 5.85. The van der Waals surface area contributed by atoms with E-state index < -0.39 is 5.54 Å². The fraction of sp³-hybridized carbons (Fsp3) is 0.462. The molecule has 0 aliphatic heterocycles. The summed E-state index contributed by atoms with van der Waals surface area (Å²) >= 11 is 0. The quantitative estimate of drug-likeness (QED) is 0.627. The molecule has 1 rings (SSSR count). The maximum absolute atomic E-state index is 11.2. The lowest BCUT2D eigenvalue weighted by molar-refractivity contribution is -0.140. The van der Waals surface area contributed by atoms with Gasteiger partial charge in [-0.05, 0) is 48.7 Å². The molecular formula is C13H18N2O4. The number of nitrogens with zero attached hydrogens (tertiary/aromatic N) is 1. The molecule has 0 aliphatic rings. The third kappa shape index (κ3) is 3.75. The van der Waals surface area contributed by atoms with E-state index in [-0.39, 0.29) is 23.8 Å². The van der Waals surface area contributed by atoms with Gasteiger partial charge in [0.15, 0.2) is 0 Å². The van der Waals surface area contributed by atoms with Crippen molar-refractivity contribution in [3.63, 3.8) is 0 Å². The van der Waals surface area contributed by atoms with Crippen molar-refractivity contribution in [2.45, 2.75) is 32.2 Å². The number of phenols is 1. The Balaban J connectivity index is 3.17. The lowest BCUT2D eigenvalue weighted by Gasteiger charge is -2.23. The van der Waals surface area contributed by atoms with E-state index in [4.69, 9.17) is 5.73 Å². The molecule has 0 radical (unpaired) electrons. The van der Waals surface area contributed by atoms with Crippen LogP contribution in [0.4, 0.5) is 5.69 Å². The van der Waals surface area contributed by atoms with Gasteiger partial charge >= 0.3 is 5.97 Å². The second kappa shape index (κ2) is 5.79. The number of methoxy groups -OCH3 is 1. The van der Waals surface area contributed by atoms with Gasteiger partial charge in [-0.3, -0.25) is 4.79 Å². The van der Waals surface area contributed by atoms with Gasteiger partial charge in [0, 0.05) is 12.0 Å². The minimum absolute atomic E-state index is 0.0599. The van der Waals surface area contributed by atoms with Crippen LogP contribution in [0.25, 0.3) is 0 Å². The van der Waals surface area contributed by atoms with Gasteiger partial charge in [0.1, 0.15) is 11.4 Å². The monoisotopic (exact) mass is 266 g/mol. The van der Waals surface area contributed by atoms with Crippen molar-refractivity contribution in [3.8, 4) is 5.75 Å². The van der Waals surface area contributed by atoms with E-state index in [1.54, 1.807) is 13.8 Å². The van der Waals surface area contributed by atoms with Crippen molar-refractivity contribution in [1.82, 2.24) is 0 Å². The zero-order valence-electron chi connectivity index (χ0n) is 11.3. The smallest absolute Gasteiger partial charge is 0.305 e. The lowest BCUT2D eigenvalue weighted by atomic mass is 9.88. The van der Waals surface area contributed by atoms with E-state index in [1.165, 1.54) is 19.2 Å². The number of hydrogen-bond donors (Lipinski definition) is 2. The Kier molecular flexibility index (Phi) is 4.61. The van der Waals surface area contributed by atoms with Crippen LogP contribution in [0.2, 0.25) is 0 Å². The molecule has 0 aliphatic carbocycles. The van der Waals surface area contributed by atoms with E-state index in [2.05, 4.69) is 9.91 Å². The Morgan fingerprint density at radius 1 is 1.47 bits per heavy atom. The van der Waals surface area contributed by atoms with Crippen LogP contribution in [-0.4, -0.2) is 18.2 Å². The second-order valence-electron chi connectivity index (χ2n) is 4.89. The summed E-state index contributed by atoms with van der Waals surface area (Å²) in [6, 6.07) is 2.87. The van der Waals surface area contributed by atoms with Crippen LogP contribution in [0.15, 0.2) is 17.3 Å². The van der Waals surface area contributed by atoms with Crippen molar-refractivity contribution in [1.29, 1.82) is 0 Å². The van der Waals surface area contributed by atoms with E-state index in [0.717, 1.165) is 0 Å². The SMILES string of the molecule is COC(=O)CCc1cc(O)c(N=O)cc1C(C)(C)N. The lowest BCUT2D eigenvalue weighted by Crippen LogP contribution is -2.30. The van der Waals surface area contributed by atoms with Crippen LogP contribution < -0.4 is 5.73 Å². The molecule has 0 saturated heterocycles. The summed E-state index contributed by atoms with van der Waals surface area (Å²) in [5.74, 6) is -0.569. The fourth-order valence-corrected chi connectivity index (χ4v) is 1.84. The molecule has 104 valence electrons. The highest BCUT2D eigenvalue weighted by molar-refractivity contribution is 5.70. The van der Waals surface area contributed by atoms with E-state index in [0.29, 0.717) is 17.5 Å². The van der Waals surface area contributed by atoms with E-state index >= 15 is 0 Å². The minimum Gasteiger partial charge on any atom is -0.506 e. The van der Waals surface area contributed by atoms with E-state index in [9.17, 15) is 14.8 Å². The van der Waals surface area contributed by atoms with Gasteiger partial charge < -0.3 is 15.6 Å². The van der Waals surface area contributed by atoms with Crippen LogP contribution >= 0.6 is 0 Å². The number of hydrogen-bond acceptors (Lipinski definition) is 6. The molecule has 0 spiro atoms. The number of esters is 1. The molecule has 6 nitrogen and oxygen atoms in total. The third-order valence-corrected chi connectivity index (χ3v) is 2.82. The molecule has 6 heteroatoms. The van der Waals surface area contributed by atoms with Gasteiger partial charge in [-0.25, -0.2) is 0 Å². The summed E-state index contributed by atoms with van der Waals surface area (Å²) in [6.45, 7) is 3.55. The van der Waals surface area contributed by atoms with Crippen LogP contribution in [0.5, 0.6) is 5.75 Å². The number of nitrogens with two attached hydrogens (primary N) is 1.